The Morgan fingerprint density at radius 2 is 1.27 bits per heavy atom. The molecule has 0 atom stereocenters. The largest absolute Gasteiger partial charge is 0.456 e. The summed E-state index contributed by atoms with van der Waals surface area (Å²) < 4.78 is 8.84. The molecule has 156 valence electrons. The molecule has 0 fully saturated rings. The number of aryl methyl sites for hydroxylation is 1. The molecule has 0 unspecified atom stereocenters. The van der Waals surface area contributed by atoms with E-state index in [0.29, 0.717) is 0 Å². The zero-order valence-corrected chi connectivity index (χ0v) is 18.2. The lowest BCUT2D eigenvalue weighted by Crippen LogP contribution is -1.94. The Hall–Kier alpha value is -4.30. The number of rotatable bonds is 2. The number of aromatic nitrogens is 1. The van der Waals surface area contributed by atoms with Crippen molar-refractivity contribution in [3.05, 3.63) is 115 Å². The van der Waals surface area contributed by atoms with Gasteiger partial charge in [-0.1, -0.05) is 72.8 Å². The van der Waals surface area contributed by atoms with Gasteiger partial charge in [-0.15, -0.1) is 0 Å². The standard InChI is InChI=1S/C31H21NO/c1-20-9-2-3-12-23(20)21-10-6-11-22(19-21)32-26-15-7-14-25-24-13-4-5-17-28(24)33-29-18-8-16-27(32)31(29)30(25)26/h2-19H,1H3. The lowest BCUT2D eigenvalue weighted by Gasteiger charge is -2.12. The molecule has 2 nitrogen and oxygen atoms in total. The highest BCUT2D eigenvalue weighted by Gasteiger charge is 2.18. The maximum atomic E-state index is 6.47. The van der Waals surface area contributed by atoms with E-state index in [9.17, 15) is 0 Å². The van der Waals surface area contributed by atoms with E-state index >= 15 is 0 Å². The van der Waals surface area contributed by atoms with Crippen LogP contribution in [0.25, 0.3) is 60.6 Å². The third-order valence-electron chi connectivity index (χ3n) is 6.74. The lowest BCUT2D eigenvalue weighted by molar-refractivity contribution is 0.664. The van der Waals surface area contributed by atoms with Crippen LogP contribution < -0.4 is 0 Å². The van der Waals surface area contributed by atoms with Gasteiger partial charge in [0.2, 0.25) is 0 Å². The third kappa shape index (κ3) is 2.61. The lowest BCUT2D eigenvalue weighted by atomic mass is 10.0. The molecule has 7 aromatic rings. The summed E-state index contributed by atoms with van der Waals surface area (Å²) in [4.78, 5) is 0. The van der Waals surface area contributed by atoms with Crippen LogP contribution in [0.1, 0.15) is 5.56 Å². The van der Waals surface area contributed by atoms with Crippen molar-refractivity contribution < 1.29 is 4.42 Å². The van der Waals surface area contributed by atoms with Crippen molar-refractivity contribution in [1.29, 1.82) is 0 Å². The van der Waals surface area contributed by atoms with Crippen LogP contribution in [-0.2, 0) is 0 Å². The molecule has 0 radical (unpaired) electrons. The maximum absolute atomic E-state index is 6.47. The Balaban J connectivity index is 1.63. The van der Waals surface area contributed by atoms with Gasteiger partial charge in [-0.05, 0) is 65.4 Å². The van der Waals surface area contributed by atoms with Crippen LogP contribution in [0.15, 0.2) is 114 Å². The predicted octanol–water partition coefficient (Wildman–Crippen LogP) is 8.66. The number of hydrogen-bond donors (Lipinski definition) is 0. The van der Waals surface area contributed by atoms with Gasteiger partial charge in [0.15, 0.2) is 0 Å². The summed E-state index contributed by atoms with van der Waals surface area (Å²) in [6.07, 6.45) is 0. The Morgan fingerprint density at radius 1 is 0.576 bits per heavy atom. The molecular weight excluding hydrogens is 402 g/mol. The summed E-state index contributed by atoms with van der Waals surface area (Å²) in [5.41, 5.74) is 9.08. The number of nitrogens with zero attached hydrogens (tertiary/aromatic N) is 1. The van der Waals surface area contributed by atoms with Gasteiger partial charge in [0.1, 0.15) is 11.2 Å². The van der Waals surface area contributed by atoms with Crippen LogP contribution in [0.3, 0.4) is 0 Å². The summed E-state index contributed by atoms with van der Waals surface area (Å²) >= 11 is 0. The fraction of sp³-hybridized carbons (Fsp3) is 0.0323. The SMILES string of the molecule is Cc1ccccc1-c1cccc(-n2c3cccc4oc5ccccc5c5cccc2c5c43)c1. The van der Waals surface area contributed by atoms with E-state index in [1.807, 2.05) is 6.07 Å². The molecule has 0 saturated carbocycles. The van der Waals surface area contributed by atoms with E-state index in [4.69, 9.17) is 4.42 Å². The molecule has 0 aliphatic carbocycles. The highest BCUT2D eigenvalue weighted by atomic mass is 16.3. The normalized spacial score (nSPS) is 11.8. The fourth-order valence-electron chi connectivity index (χ4n) is 5.27. The minimum absolute atomic E-state index is 0.904. The van der Waals surface area contributed by atoms with Gasteiger partial charge in [-0.25, -0.2) is 0 Å². The summed E-state index contributed by atoms with van der Waals surface area (Å²) in [6, 6.07) is 38.7. The van der Waals surface area contributed by atoms with Gasteiger partial charge >= 0.3 is 0 Å². The van der Waals surface area contributed by atoms with Crippen LogP contribution in [0.4, 0.5) is 0 Å². The minimum Gasteiger partial charge on any atom is -0.456 e. The second-order valence-corrected chi connectivity index (χ2v) is 8.65. The number of benzene rings is 5. The Kier molecular flexibility index (Phi) is 3.80. The van der Waals surface area contributed by atoms with E-state index in [0.717, 1.165) is 27.8 Å². The minimum atomic E-state index is 0.904. The van der Waals surface area contributed by atoms with Crippen molar-refractivity contribution in [2.45, 2.75) is 6.92 Å². The van der Waals surface area contributed by atoms with E-state index in [1.54, 1.807) is 0 Å². The smallest absolute Gasteiger partial charge is 0.137 e. The zero-order valence-electron chi connectivity index (χ0n) is 18.2. The van der Waals surface area contributed by atoms with Crippen molar-refractivity contribution >= 4 is 43.7 Å². The first-order valence-corrected chi connectivity index (χ1v) is 11.3. The van der Waals surface area contributed by atoms with E-state index in [1.165, 1.54) is 38.4 Å². The summed E-state index contributed by atoms with van der Waals surface area (Å²) in [5.74, 6) is 0. The molecule has 5 aromatic carbocycles. The van der Waals surface area contributed by atoms with Gasteiger partial charge in [0, 0.05) is 16.5 Å². The molecule has 33 heavy (non-hydrogen) atoms. The molecule has 0 bridgehead atoms. The van der Waals surface area contributed by atoms with Gasteiger partial charge in [-0.2, -0.15) is 0 Å². The number of para-hydroxylation sites is 1. The van der Waals surface area contributed by atoms with E-state index in [2.05, 4.69) is 115 Å². The maximum Gasteiger partial charge on any atom is 0.137 e. The first kappa shape index (κ1) is 18.3. The monoisotopic (exact) mass is 423 g/mol. The molecule has 0 N–H and O–H groups in total. The van der Waals surface area contributed by atoms with Crippen LogP contribution in [0.2, 0.25) is 0 Å². The first-order valence-electron chi connectivity index (χ1n) is 11.3. The third-order valence-corrected chi connectivity index (χ3v) is 6.74. The van der Waals surface area contributed by atoms with Gasteiger partial charge in [-0.3, -0.25) is 0 Å². The van der Waals surface area contributed by atoms with Crippen molar-refractivity contribution in [2.75, 3.05) is 0 Å². The molecule has 2 aromatic heterocycles. The molecule has 2 heteroatoms. The fourth-order valence-corrected chi connectivity index (χ4v) is 5.27. The molecule has 0 amide bonds. The first-order chi connectivity index (χ1) is 16.3. The van der Waals surface area contributed by atoms with Crippen molar-refractivity contribution in [3.8, 4) is 16.8 Å². The van der Waals surface area contributed by atoms with Gasteiger partial charge in [0.25, 0.3) is 0 Å². The molecule has 7 rings (SSSR count). The molecule has 0 saturated heterocycles. The van der Waals surface area contributed by atoms with E-state index in [-0.39, 0.29) is 0 Å². The average molecular weight is 424 g/mol. The average Bonchev–Trinajstić information content (AvgIpc) is 3.12. The molecule has 0 spiro atoms. The zero-order chi connectivity index (χ0) is 21.9. The Labute approximate surface area is 191 Å². The van der Waals surface area contributed by atoms with Crippen LogP contribution in [-0.4, -0.2) is 4.57 Å². The number of fused-ring (bicyclic) bond motifs is 2. The van der Waals surface area contributed by atoms with Crippen molar-refractivity contribution in [1.82, 2.24) is 4.57 Å². The predicted molar refractivity (Wildman–Crippen MR) is 138 cm³/mol. The molecular formula is C31H21NO. The number of hydrogen-bond acceptors (Lipinski definition) is 1. The topological polar surface area (TPSA) is 18.1 Å². The van der Waals surface area contributed by atoms with Crippen LogP contribution >= 0.6 is 0 Å². The van der Waals surface area contributed by atoms with Crippen molar-refractivity contribution in [3.63, 3.8) is 0 Å². The summed E-state index contributed by atoms with van der Waals surface area (Å²) in [7, 11) is 0. The second-order valence-electron chi connectivity index (χ2n) is 8.65. The summed E-state index contributed by atoms with van der Waals surface area (Å²) in [6.45, 7) is 2.17. The summed E-state index contributed by atoms with van der Waals surface area (Å²) in [5, 5.41) is 4.76. The molecule has 0 aliphatic heterocycles. The molecule has 0 aliphatic rings. The quantitative estimate of drug-likeness (QED) is 0.272. The van der Waals surface area contributed by atoms with Crippen LogP contribution in [0, 0.1) is 6.92 Å². The van der Waals surface area contributed by atoms with Crippen molar-refractivity contribution in [2.24, 2.45) is 0 Å². The highest BCUT2D eigenvalue weighted by Crippen LogP contribution is 2.41. The Bertz CT molecular complexity index is 1830. The highest BCUT2D eigenvalue weighted by molar-refractivity contribution is 6.26. The van der Waals surface area contributed by atoms with Gasteiger partial charge < -0.3 is 8.98 Å². The van der Waals surface area contributed by atoms with E-state index < -0.39 is 0 Å². The Morgan fingerprint density at radius 3 is 2.18 bits per heavy atom. The van der Waals surface area contributed by atoms with Gasteiger partial charge in [0.05, 0.1) is 16.4 Å². The van der Waals surface area contributed by atoms with Crippen LogP contribution in [0.5, 0.6) is 0 Å². The molecule has 2 heterocycles. The second kappa shape index (κ2) is 6.85.